The Morgan fingerprint density at radius 2 is 1.79 bits per heavy atom. The second-order valence-electron chi connectivity index (χ2n) is 9.33. The van der Waals surface area contributed by atoms with Crippen LogP contribution < -0.4 is 10.9 Å². The summed E-state index contributed by atoms with van der Waals surface area (Å²) in [5.74, 6) is 0.650. The number of carbonyl (C=O) groups is 1. The Kier molecular flexibility index (Phi) is 7.99. The molecule has 180 valence electrons. The third-order valence-electron chi connectivity index (χ3n) is 6.86. The van der Waals surface area contributed by atoms with Crippen LogP contribution in [0.25, 0.3) is 10.9 Å². The van der Waals surface area contributed by atoms with Crippen molar-refractivity contribution in [3.63, 3.8) is 0 Å². The predicted molar refractivity (Wildman–Crippen MR) is 137 cm³/mol. The van der Waals surface area contributed by atoms with Crippen LogP contribution in [0.15, 0.2) is 59.4 Å². The maximum Gasteiger partial charge on any atom is 0.318 e. The molecule has 6 nitrogen and oxygen atoms in total. The second-order valence-corrected chi connectivity index (χ2v) is 9.33. The quantitative estimate of drug-likeness (QED) is 0.486. The zero-order chi connectivity index (χ0) is 23.9. The van der Waals surface area contributed by atoms with Crippen molar-refractivity contribution in [1.82, 2.24) is 19.8 Å². The van der Waals surface area contributed by atoms with E-state index < -0.39 is 0 Å². The van der Waals surface area contributed by atoms with Gasteiger partial charge in [-0.25, -0.2) is 9.78 Å². The van der Waals surface area contributed by atoms with E-state index in [1.165, 1.54) is 12.0 Å². The molecule has 0 bridgehead atoms. The van der Waals surface area contributed by atoms with Crippen molar-refractivity contribution in [3.05, 3.63) is 76.3 Å². The van der Waals surface area contributed by atoms with E-state index in [0.717, 1.165) is 38.5 Å². The van der Waals surface area contributed by atoms with Gasteiger partial charge in [0.15, 0.2) is 0 Å². The number of benzene rings is 2. The van der Waals surface area contributed by atoms with E-state index in [-0.39, 0.29) is 23.7 Å². The van der Waals surface area contributed by atoms with E-state index in [2.05, 4.69) is 24.4 Å². The first kappa shape index (κ1) is 24.0. The number of para-hydroxylation sites is 1. The maximum atomic E-state index is 13.6. The number of carbonyl (C=O) groups excluding carboxylic acids is 1. The Morgan fingerprint density at radius 3 is 2.53 bits per heavy atom. The zero-order valence-corrected chi connectivity index (χ0v) is 20.4. The number of amides is 2. The molecular weight excluding hydrogens is 424 g/mol. The maximum absolute atomic E-state index is 13.6. The van der Waals surface area contributed by atoms with Crippen molar-refractivity contribution in [2.75, 3.05) is 6.54 Å². The van der Waals surface area contributed by atoms with Crippen LogP contribution in [0.5, 0.6) is 0 Å². The summed E-state index contributed by atoms with van der Waals surface area (Å²) in [4.78, 5) is 33.7. The summed E-state index contributed by atoms with van der Waals surface area (Å²) in [6, 6.07) is 17.5. The highest BCUT2D eigenvalue weighted by molar-refractivity contribution is 5.78. The van der Waals surface area contributed by atoms with Crippen molar-refractivity contribution < 1.29 is 4.79 Å². The Labute approximate surface area is 202 Å². The van der Waals surface area contributed by atoms with E-state index in [0.29, 0.717) is 29.8 Å². The number of hydrogen-bond donors (Lipinski definition) is 1. The van der Waals surface area contributed by atoms with Crippen LogP contribution in [0, 0.1) is 0 Å². The third-order valence-corrected chi connectivity index (χ3v) is 6.86. The van der Waals surface area contributed by atoms with Gasteiger partial charge in [-0.3, -0.25) is 9.36 Å². The molecule has 1 heterocycles. The fraction of sp³-hybridized carbons (Fsp3) is 0.464. The highest BCUT2D eigenvalue weighted by Gasteiger charge is 2.28. The van der Waals surface area contributed by atoms with Gasteiger partial charge in [-0.1, -0.05) is 68.7 Å². The van der Waals surface area contributed by atoms with E-state index in [9.17, 15) is 9.59 Å². The van der Waals surface area contributed by atoms with Crippen LogP contribution in [0.1, 0.15) is 69.8 Å². The zero-order valence-electron chi connectivity index (χ0n) is 20.4. The number of rotatable bonds is 8. The molecule has 1 atom stereocenters. The summed E-state index contributed by atoms with van der Waals surface area (Å²) in [7, 11) is 0. The first-order chi connectivity index (χ1) is 16.6. The number of urea groups is 1. The Morgan fingerprint density at radius 1 is 1.09 bits per heavy atom. The second kappa shape index (κ2) is 11.3. The number of nitrogens with zero attached hydrogens (tertiary/aromatic N) is 3. The number of nitrogens with one attached hydrogen (secondary N) is 1. The first-order valence-electron chi connectivity index (χ1n) is 12.7. The molecule has 1 aliphatic rings. The minimum atomic E-state index is -0.337. The van der Waals surface area contributed by atoms with Crippen molar-refractivity contribution in [1.29, 1.82) is 0 Å². The van der Waals surface area contributed by atoms with Gasteiger partial charge < -0.3 is 10.2 Å². The van der Waals surface area contributed by atoms with Crippen LogP contribution in [-0.2, 0) is 13.0 Å². The van der Waals surface area contributed by atoms with Gasteiger partial charge in [0.05, 0.1) is 16.9 Å². The van der Waals surface area contributed by atoms with E-state index in [4.69, 9.17) is 4.98 Å². The van der Waals surface area contributed by atoms with Crippen molar-refractivity contribution >= 4 is 16.9 Å². The highest BCUT2D eigenvalue weighted by Crippen LogP contribution is 2.23. The monoisotopic (exact) mass is 460 g/mol. The van der Waals surface area contributed by atoms with Crippen molar-refractivity contribution in [2.45, 2.75) is 77.4 Å². The molecule has 1 unspecified atom stereocenters. The standard InChI is InChI=1S/C28H36N4O2/c1-3-19-32-26(30-25-17-11-10-16-24(25)27(32)33)21(2)31(20-18-22-12-6-4-7-13-22)28(34)29-23-14-8-5-9-15-23/h4,6-7,10-13,16-17,21,23H,3,5,8-9,14-15,18-20H2,1-2H3,(H,29,34). The van der Waals surface area contributed by atoms with Crippen molar-refractivity contribution in [2.24, 2.45) is 0 Å². The summed E-state index contributed by atoms with van der Waals surface area (Å²) in [5, 5.41) is 3.90. The molecule has 2 aromatic carbocycles. The van der Waals surface area contributed by atoms with Gasteiger partial charge in [-0.2, -0.15) is 0 Å². The van der Waals surface area contributed by atoms with E-state index >= 15 is 0 Å². The molecular formula is C28H36N4O2. The Bertz CT molecular complexity index is 1150. The summed E-state index contributed by atoms with van der Waals surface area (Å²) < 4.78 is 1.76. The topological polar surface area (TPSA) is 67.2 Å². The number of hydrogen-bond acceptors (Lipinski definition) is 3. The molecule has 2 amide bonds. The minimum absolute atomic E-state index is 0.0370. The molecule has 0 saturated heterocycles. The van der Waals surface area contributed by atoms with Gasteiger partial charge >= 0.3 is 6.03 Å². The predicted octanol–water partition coefficient (Wildman–Crippen LogP) is 5.45. The fourth-order valence-corrected chi connectivity index (χ4v) is 4.95. The molecule has 0 radical (unpaired) electrons. The average molecular weight is 461 g/mol. The molecule has 1 N–H and O–H groups in total. The van der Waals surface area contributed by atoms with Crippen molar-refractivity contribution in [3.8, 4) is 0 Å². The molecule has 4 rings (SSSR count). The number of fused-ring (bicyclic) bond motifs is 1. The van der Waals surface area contributed by atoms with Gasteiger partial charge in [0, 0.05) is 19.1 Å². The Hall–Kier alpha value is -3.15. The van der Waals surface area contributed by atoms with Crippen LogP contribution >= 0.6 is 0 Å². The highest BCUT2D eigenvalue weighted by atomic mass is 16.2. The van der Waals surface area contributed by atoms with Crippen LogP contribution in [-0.4, -0.2) is 33.1 Å². The summed E-state index contributed by atoms with van der Waals surface area (Å²) in [6.45, 7) is 5.18. The lowest BCUT2D eigenvalue weighted by Crippen LogP contribution is -2.48. The van der Waals surface area contributed by atoms with Gasteiger partial charge in [0.1, 0.15) is 5.82 Å². The lowest BCUT2D eigenvalue weighted by molar-refractivity contribution is 0.168. The minimum Gasteiger partial charge on any atom is -0.335 e. The first-order valence-corrected chi connectivity index (χ1v) is 12.7. The van der Waals surface area contributed by atoms with Crippen LogP contribution in [0.3, 0.4) is 0 Å². The Balaban J connectivity index is 1.67. The van der Waals surface area contributed by atoms with E-state index in [1.807, 2.05) is 54.3 Å². The van der Waals surface area contributed by atoms with Gasteiger partial charge in [-0.05, 0) is 50.3 Å². The summed E-state index contributed by atoms with van der Waals surface area (Å²) in [6.07, 6.45) is 7.18. The lowest BCUT2D eigenvalue weighted by atomic mass is 9.96. The average Bonchev–Trinajstić information content (AvgIpc) is 2.87. The molecule has 3 aromatic rings. The molecule has 1 aromatic heterocycles. The molecule has 1 fully saturated rings. The molecule has 34 heavy (non-hydrogen) atoms. The summed E-state index contributed by atoms with van der Waals surface area (Å²) in [5.41, 5.74) is 1.82. The SMILES string of the molecule is CCCn1c(C(C)N(CCc2ccccc2)C(=O)NC2CCCCC2)nc2ccccc2c1=O. The smallest absolute Gasteiger partial charge is 0.318 e. The van der Waals surface area contributed by atoms with Gasteiger partial charge in [0.25, 0.3) is 5.56 Å². The lowest BCUT2D eigenvalue weighted by Gasteiger charge is -2.33. The molecule has 6 heteroatoms. The number of aromatic nitrogens is 2. The molecule has 1 aliphatic carbocycles. The van der Waals surface area contributed by atoms with E-state index in [1.54, 1.807) is 4.57 Å². The van der Waals surface area contributed by atoms with Gasteiger partial charge in [0.2, 0.25) is 0 Å². The molecule has 0 aliphatic heterocycles. The van der Waals surface area contributed by atoms with Gasteiger partial charge in [-0.15, -0.1) is 0 Å². The molecule has 1 saturated carbocycles. The molecule has 0 spiro atoms. The van der Waals surface area contributed by atoms with Crippen LogP contribution in [0.2, 0.25) is 0 Å². The third kappa shape index (κ3) is 5.49. The largest absolute Gasteiger partial charge is 0.335 e. The summed E-state index contributed by atoms with van der Waals surface area (Å²) >= 11 is 0. The fourth-order valence-electron chi connectivity index (χ4n) is 4.95. The van der Waals surface area contributed by atoms with Crippen LogP contribution in [0.4, 0.5) is 4.79 Å². The normalized spacial score (nSPS) is 15.2.